The molecule has 2 aromatic carbocycles. The SMILES string of the molecule is Cn1c2cccc(C(=O)O)c2c2nc(CN3CCOCC3)nc(N3CCN(CCc4ccc(F)c(F)c4)CC3)c21. The molecule has 40 heavy (non-hydrogen) atoms. The van der Waals surface area contributed by atoms with Crippen molar-refractivity contribution in [3.8, 4) is 0 Å². The van der Waals surface area contributed by atoms with Gasteiger partial charge < -0.3 is 19.3 Å². The highest BCUT2D eigenvalue weighted by atomic mass is 19.2. The summed E-state index contributed by atoms with van der Waals surface area (Å²) in [4.78, 5) is 29.0. The van der Waals surface area contributed by atoms with Gasteiger partial charge in [0.25, 0.3) is 0 Å². The van der Waals surface area contributed by atoms with E-state index in [1.54, 1.807) is 18.2 Å². The third-order valence-electron chi connectivity index (χ3n) is 7.96. The van der Waals surface area contributed by atoms with Gasteiger partial charge in [0.05, 0.1) is 30.8 Å². The molecule has 4 aromatic rings. The molecule has 0 aliphatic carbocycles. The van der Waals surface area contributed by atoms with E-state index >= 15 is 0 Å². The molecule has 6 rings (SSSR count). The van der Waals surface area contributed by atoms with Crippen LogP contribution in [0, 0.1) is 11.6 Å². The summed E-state index contributed by atoms with van der Waals surface area (Å²) >= 11 is 0. The van der Waals surface area contributed by atoms with Gasteiger partial charge in [0.2, 0.25) is 0 Å². The van der Waals surface area contributed by atoms with Crippen LogP contribution in [0.4, 0.5) is 14.6 Å². The van der Waals surface area contributed by atoms with E-state index < -0.39 is 17.6 Å². The summed E-state index contributed by atoms with van der Waals surface area (Å²) in [5, 5.41) is 10.6. The van der Waals surface area contributed by atoms with Crippen molar-refractivity contribution in [3.05, 3.63) is 65.0 Å². The molecule has 4 heterocycles. The van der Waals surface area contributed by atoms with Crippen molar-refractivity contribution in [2.45, 2.75) is 13.0 Å². The first-order chi connectivity index (χ1) is 19.4. The number of anilines is 1. The smallest absolute Gasteiger partial charge is 0.336 e. The Kier molecular flexibility index (Phi) is 7.35. The number of benzene rings is 2. The Bertz CT molecular complexity index is 1560. The van der Waals surface area contributed by atoms with Crippen LogP contribution in [0.15, 0.2) is 36.4 Å². The molecule has 0 saturated carbocycles. The second-order valence-corrected chi connectivity index (χ2v) is 10.4. The molecule has 0 bridgehead atoms. The molecule has 2 saturated heterocycles. The van der Waals surface area contributed by atoms with Gasteiger partial charge in [0.1, 0.15) is 16.9 Å². The van der Waals surface area contributed by atoms with Gasteiger partial charge in [-0.2, -0.15) is 0 Å². The first-order valence-corrected chi connectivity index (χ1v) is 13.6. The summed E-state index contributed by atoms with van der Waals surface area (Å²) < 4.78 is 34.4. The number of hydrogen-bond donors (Lipinski definition) is 1. The van der Waals surface area contributed by atoms with Crippen LogP contribution in [-0.2, 0) is 24.8 Å². The van der Waals surface area contributed by atoms with Crippen molar-refractivity contribution in [1.82, 2.24) is 24.3 Å². The van der Waals surface area contributed by atoms with Crippen molar-refractivity contribution in [1.29, 1.82) is 0 Å². The van der Waals surface area contributed by atoms with Crippen LogP contribution in [0.3, 0.4) is 0 Å². The lowest BCUT2D eigenvalue weighted by Gasteiger charge is -2.36. The van der Waals surface area contributed by atoms with E-state index in [2.05, 4.69) is 14.7 Å². The molecular weight excluding hydrogens is 518 g/mol. The quantitative estimate of drug-likeness (QED) is 0.375. The summed E-state index contributed by atoms with van der Waals surface area (Å²) in [6, 6.07) is 9.39. The van der Waals surface area contributed by atoms with E-state index in [-0.39, 0.29) is 5.56 Å². The summed E-state index contributed by atoms with van der Waals surface area (Å²) in [6.07, 6.45) is 0.639. The van der Waals surface area contributed by atoms with E-state index in [4.69, 9.17) is 14.7 Å². The molecular formula is C29H32F2N6O3. The predicted octanol–water partition coefficient (Wildman–Crippen LogP) is 3.29. The Hall–Kier alpha value is -3.67. The first-order valence-electron chi connectivity index (χ1n) is 13.6. The zero-order chi connectivity index (χ0) is 27.8. The van der Waals surface area contributed by atoms with Gasteiger partial charge in [-0.15, -0.1) is 0 Å². The maximum absolute atomic E-state index is 13.6. The Morgan fingerprint density at radius 3 is 2.48 bits per heavy atom. The highest BCUT2D eigenvalue weighted by Crippen LogP contribution is 2.35. The topological polar surface area (TPSA) is 87.0 Å². The number of carboxylic acid groups (broad SMARTS) is 1. The second kappa shape index (κ2) is 11.1. The molecule has 0 unspecified atom stereocenters. The van der Waals surface area contributed by atoms with Crippen LogP contribution in [-0.4, -0.2) is 94.4 Å². The largest absolute Gasteiger partial charge is 0.478 e. The average molecular weight is 551 g/mol. The Morgan fingerprint density at radius 2 is 1.75 bits per heavy atom. The lowest BCUT2D eigenvalue weighted by atomic mass is 10.1. The summed E-state index contributed by atoms with van der Waals surface area (Å²) in [5.41, 5.74) is 3.29. The minimum Gasteiger partial charge on any atom is -0.478 e. The van der Waals surface area contributed by atoms with Crippen LogP contribution in [0.2, 0.25) is 0 Å². The molecule has 1 N–H and O–H groups in total. The third-order valence-corrected chi connectivity index (χ3v) is 7.96. The highest BCUT2D eigenvalue weighted by molar-refractivity contribution is 6.17. The lowest BCUT2D eigenvalue weighted by molar-refractivity contribution is 0.0331. The number of aromatic nitrogens is 3. The highest BCUT2D eigenvalue weighted by Gasteiger charge is 2.26. The molecule has 0 amide bonds. The van der Waals surface area contributed by atoms with Crippen LogP contribution < -0.4 is 4.90 Å². The minimum absolute atomic E-state index is 0.229. The van der Waals surface area contributed by atoms with Crippen LogP contribution in [0.25, 0.3) is 21.9 Å². The number of aryl methyl sites for hydroxylation is 1. The number of aromatic carboxylic acids is 1. The third kappa shape index (κ3) is 5.12. The fourth-order valence-corrected chi connectivity index (χ4v) is 5.75. The summed E-state index contributed by atoms with van der Waals surface area (Å²) in [6.45, 7) is 7.27. The van der Waals surface area contributed by atoms with Crippen molar-refractivity contribution in [3.63, 3.8) is 0 Å². The van der Waals surface area contributed by atoms with Gasteiger partial charge in [-0.05, 0) is 36.2 Å². The van der Waals surface area contributed by atoms with Gasteiger partial charge in [0.15, 0.2) is 17.5 Å². The lowest BCUT2D eigenvalue weighted by Crippen LogP contribution is -2.47. The van der Waals surface area contributed by atoms with Crippen molar-refractivity contribution in [2.75, 3.05) is 63.9 Å². The van der Waals surface area contributed by atoms with E-state index in [0.717, 1.165) is 68.2 Å². The molecule has 0 spiro atoms. The molecule has 2 aliphatic heterocycles. The number of carbonyl (C=O) groups is 1. The average Bonchev–Trinajstić information content (AvgIpc) is 3.26. The number of morpholine rings is 1. The van der Waals surface area contributed by atoms with Gasteiger partial charge >= 0.3 is 5.97 Å². The van der Waals surface area contributed by atoms with Gasteiger partial charge in [-0.1, -0.05) is 12.1 Å². The Balaban J connectivity index is 1.30. The number of hydrogen-bond acceptors (Lipinski definition) is 7. The summed E-state index contributed by atoms with van der Waals surface area (Å²) in [7, 11) is 1.93. The van der Waals surface area contributed by atoms with Gasteiger partial charge in [-0.3, -0.25) is 9.80 Å². The number of fused-ring (bicyclic) bond motifs is 3. The Labute approximate surface area is 230 Å². The van der Waals surface area contributed by atoms with Crippen LogP contribution in [0.5, 0.6) is 0 Å². The fraction of sp³-hybridized carbons (Fsp3) is 0.414. The maximum Gasteiger partial charge on any atom is 0.336 e. The van der Waals surface area contributed by atoms with Crippen LogP contribution in [0.1, 0.15) is 21.7 Å². The zero-order valence-electron chi connectivity index (χ0n) is 22.4. The van der Waals surface area contributed by atoms with E-state index in [9.17, 15) is 18.7 Å². The van der Waals surface area contributed by atoms with Crippen molar-refractivity contribution in [2.24, 2.45) is 7.05 Å². The van der Waals surface area contributed by atoms with E-state index in [1.165, 1.54) is 12.1 Å². The van der Waals surface area contributed by atoms with Crippen molar-refractivity contribution < 1.29 is 23.4 Å². The maximum atomic E-state index is 13.6. The monoisotopic (exact) mass is 550 g/mol. The molecule has 0 atom stereocenters. The number of carboxylic acids is 1. The summed E-state index contributed by atoms with van der Waals surface area (Å²) in [5.74, 6) is -1.15. The number of rotatable bonds is 7. The fourth-order valence-electron chi connectivity index (χ4n) is 5.75. The molecule has 11 heteroatoms. The standard InChI is InChI=1S/C29H32F2N6O3/c1-34-23-4-2-3-20(29(38)39)25(23)26-27(34)28(33-24(32-26)18-36-13-15-40-16-14-36)37-11-9-35(10-12-37)8-7-19-5-6-21(30)22(31)17-19/h2-6,17H,7-16,18H2,1H3,(H,38,39). The molecule has 2 aromatic heterocycles. The first kappa shape index (κ1) is 26.5. The number of ether oxygens (including phenoxy) is 1. The second-order valence-electron chi connectivity index (χ2n) is 10.4. The molecule has 0 radical (unpaired) electrons. The van der Waals surface area contributed by atoms with Gasteiger partial charge in [-0.25, -0.2) is 23.5 Å². The number of halogens is 2. The van der Waals surface area contributed by atoms with Gasteiger partial charge in [0, 0.05) is 58.2 Å². The molecule has 2 fully saturated rings. The normalized spacial score (nSPS) is 17.2. The number of nitrogens with zero attached hydrogens (tertiary/aromatic N) is 6. The van der Waals surface area contributed by atoms with E-state index in [0.29, 0.717) is 42.9 Å². The van der Waals surface area contributed by atoms with Crippen LogP contribution >= 0.6 is 0 Å². The Morgan fingerprint density at radius 1 is 0.975 bits per heavy atom. The minimum atomic E-state index is -0.984. The zero-order valence-corrected chi connectivity index (χ0v) is 22.4. The predicted molar refractivity (Wildman–Crippen MR) is 148 cm³/mol. The number of piperazine rings is 1. The molecule has 210 valence electrons. The van der Waals surface area contributed by atoms with E-state index in [1.807, 2.05) is 17.7 Å². The molecule has 9 nitrogen and oxygen atoms in total. The molecule has 2 aliphatic rings. The van der Waals surface area contributed by atoms with Crippen molar-refractivity contribution >= 4 is 33.7 Å².